The van der Waals surface area contributed by atoms with Gasteiger partial charge in [0.25, 0.3) is 6.43 Å². The van der Waals surface area contributed by atoms with Gasteiger partial charge in [-0.2, -0.15) is 0 Å². The van der Waals surface area contributed by atoms with Gasteiger partial charge < -0.3 is 19.1 Å². The molecule has 2 aliphatic rings. The Bertz CT molecular complexity index is 1360. The minimum absolute atomic E-state index is 0.00189. The standard InChI is InChI=1S/C21H26F2N6O5S2/c1-12-8-34-13(9-32-3)6-28(12)15-4-14(36(30,31)27-21(2)10-33-11-21)7-29-16(5-24-18(15)29)19-25-26-20(35-19)17(22)23/h4-5,7,12-13,17,27H,6,8-11H2,1-3H3/t12-,13+/m0/s1. The minimum Gasteiger partial charge on any atom is -0.382 e. The van der Waals surface area contributed by atoms with Gasteiger partial charge in [-0.15, -0.1) is 10.2 Å². The number of ether oxygens (including phenoxy) is 3. The first-order valence-electron chi connectivity index (χ1n) is 11.2. The van der Waals surface area contributed by atoms with Crippen molar-refractivity contribution < 1.29 is 31.4 Å². The molecule has 0 bridgehead atoms. The Balaban J connectivity index is 1.65. The molecule has 0 spiro atoms. The zero-order valence-corrected chi connectivity index (χ0v) is 21.5. The Hall–Kier alpha value is -2.30. The molecular formula is C21H26F2N6O5S2. The number of halogens is 2. The van der Waals surface area contributed by atoms with Crippen LogP contribution in [-0.4, -0.2) is 85.8 Å². The fourth-order valence-electron chi connectivity index (χ4n) is 4.28. The molecule has 2 atom stereocenters. The molecule has 36 heavy (non-hydrogen) atoms. The number of rotatable bonds is 8. The highest BCUT2D eigenvalue weighted by atomic mass is 32.2. The number of hydrogen-bond donors (Lipinski definition) is 1. The van der Waals surface area contributed by atoms with Crippen LogP contribution < -0.4 is 9.62 Å². The van der Waals surface area contributed by atoms with Gasteiger partial charge >= 0.3 is 0 Å². The van der Waals surface area contributed by atoms with Gasteiger partial charge in [0.2, 0.25) is 10.0 Å². The van der Waals surface area contributed by atoms with Crippen LogP contribution in [0.2, 0.25) is 0 Å². The van der Waals surface area contributed by atoms with Crippen LogP contribution in [0.1, 0.15) is 25.3 Å². The molecular weight excluding hydrogens is 518 g/mol. The van der Waals surface area contributed by atoms with Crippen LogP contribution in [0.4, 0.5) is 14.5 Å². The molecule has 2 saturated heterocycles. The minimum atomic E-state index is -3.97. The summed E-state index contributed by atoms with van der Waals surface area (Å²) in [4.78, 5) is 6.54. The van der Waals surface area contributed by atoms with Crippen molar-refractivity contribution in [1.82, 2.24) is 24.3 Å². The molecule has 15 heteroatoms. The van der Waals surface area contributed by atoms with Crippen molar-refractivity contribution in [2.45, 2.75) is 42.9 Å². The van der Waals surface area contributed by atoms with E-state index in [0.29, 0.717) is 36.8 Å². The number of hydrogen-bond acceptors (Lipinski definition) is 10. The van der Waals surface area contributed by atoms with Gasteiger partial charge in [0.1, 0.15) is 10.6 Å². The normalized spacial score (nSPS) is 22.3. The van der Waals surface area contributed by atoms with Gasteiger partial charge in [0, 0.05) is 25.9 Å². The summed E-state index contributed by atoms with van der Waals surface area (Å²) in [6.45, 7) is 5.49. The highest BCUT2D eigenvalue weighted by molar-refractivity contribution is 7.89. The summed E-state index contributed by atoms with van der Waals surface area (Å²) < 4.78 is 73.8. The predicted molar refractivity (Wildman–Crippen MR) is 127 cm³/mol. The molecule has 3 aromatic heterocycles. The Labute approximate surface area is 210 Å². The van der Waals surface area contributed by atoms with Gasteiger partial charge in [-0.05, 0) is 19.9 Å². The number of anilines is 1. The molecule has 5 rings (SSSR count). The third kappa shape index (κ3) is 4.70. The second-order valence-corrected chi connectivity index (χ2v) is 11.9. The molecule has 196 valence electrons. The number of nitrogens with zero attached hydrogens (tertiary/aromatic N) is 5. The van der Waals surface area contributed by atoms with Gasteiger partial charge in [-0.1, -0.05) is 11.3 Å². The van der Waals surface area contributed by atoms with E-state index in [1.54, 1.807) is 24.5 Å². The SMILES string of the molecule is COC[C@H]1CN(c2cc(S(=O)(=O)NC3(C)COC3)cn3c(-c4nnc(C(F)F)s4)cnc23)[C@@H](C)CO1. The Morgan fingerprint density at radius 2 is 2.14 bits per heavy atom. The summed E-state index contributed by atoms with van der Waals surface area (Å²) in [5, 5.41) is 7.24. The van der Waals surface area contributed by atoms with E-state index in [2.05, 4.69) is 19.9 Å². The summed E-state index contributed by atoms with van der Waals surface area (Å²) in [6, 6.07) is 1.49. The molecule has 3 aromatic rings. The summed E-state index contributed by atoms with van der Waals surface area (Å²) in [6.07, 6.45) is -0.0736. The molecule has 2 aliphatic heterocycles. The molecule has 1 N–H and O–H groups in total. The lowest BCUT2D eigenvalue weighted by molar-refractivity contribution is -0.0523. The van der Waals surface area contributed by atoms with Gasteiger partial charge in [-0.25, -0.2) is 26.9 Å². The second-order valence-electron chi connectivity index (χ2n) is 9.22. The number of morpholine rings is 1. The molecule has 0 saturated carbocycles. The largest absolute Gasteiger partial charge is 0.382 e. The van der Waals surface area contributed by atoms with Gasteiger partial charge in [-0.3, -0.25) is 4.40 Å². The molecule has 0 amide bonds. The number of aromatic nitrogens is 4. The van der Waals surface area contributed by atoms with E-state index in [0.717, 1.165) is 11.3 Å². The lowest BCUT2D eigenvalue weighted by Gasteiger charge is -2.40. The molecule has 0 unspecified atom stereocenters. The first-order chi connectivity index (χ1) is 17.1. The molecule has 0 aromatic carbocycles. The lowest BCUT2D eigenvalue weighted by atomic mass is 10.0. The van der Waals surface area contributed by atoms with Crippen LogP contribution in [-0.2, 0) is 24.2 Å². The van der Waals surface area contributed by atoms with Crippen LogP contribution in [0, 0.1) is 0 Å². The van der Waals surface area contributed by atoms with Crippen molar-refractivity contribution in [2.75, 3.05) is 45.0 Å². The number of fused-ring (bicyclic) bond motifs is 1. The Kier molecular flexibility index (Phi) is 6.72. The van der Waals surface area contributed by atoms with E-state index in [9.17, 15) is 17.2 Å². The second kappa shape index (κ2) is 9.54. The van der Waals surface area contributed by atoms with Crippen molar-refractivity contribution in [1.29, 1.82) is 0 Å². The molecule has 2 fully saturated rings. The zero-order chi connectivity index (χ0) is 25.7. The van der Waals surface area contributed by atoms with Crippen molar-refractivity contribution in [3.05, 3.63) is 23.5 Å². The monoisotopic (exact) mass is 544 g/mol. The van der Waals surface area contributed by atoms with Gasteiger partial charge in [0.15, 0.2) is 15.7 Å². The fourth-order valence-corrected chi connectivity index (χ4v) is 6.38. The Morgan fingerprint density at radius 3 is 2.78 bits per heavy atom. The lowest BCUT2D eigenvalue weighted by Crippen LogP contribution is -2.59. The van der Waals surface area contributed by atoms with Crippen molar-refractivity contribution in [3.8, 4) is 10.7 Å². The summed E-state index contributed by atoms with van der Waals surface area (Å²) in [5.41, 5.74) is 0.670. The number of pyridine rings is 1. The number of alkyl halides is 2. The maximum atomic E-state index is 13.4. The fraction of sp³-hybridized carbons (Fsp3) is 0.571. The number of sulfonamides is 1. The molecule has 5 heterocycles. The van der Waals surface area contributed by atoms with Crippen LogP contribution >= 0.6 is 11.3 Å². The van der Waals surface area contributed by atoms with Crippen LogP contribution in [0.25, 0.3) is 16.3 Å². The van der Waals surface area contributed by atoms with E-state index in [1.807, 2.05) is 11.8 Å². The van der Waals surface area contributed by atoms with E-state index in [4.69, 9.17) is 14.2 Å². The predicted octanol–water partition coefficient (Wildman–Crippen LogP) is 2.10. The molecule has 0 aliphatic carbocycles. The van der Waals surface area contributed by atoms with Crippen molar-refractivity contribution in [3.63, 3.8) is 0 Å². The van der Waals surface area contributed by atoms with Crippen LogP contribution in [0.15, 0.2) is 23.4 Å². The summed E-state index contributed by atoms with van der Waals surface area (Å²) in [5.74, 6) is 0. The summed E-state index contributed by atoms with van der Waals surface area (Å²) in [7, 11) is -2.38. The maximum Gasteiger partial charge on any atom is 0.291 e. The highest BCUT2D eigenvalue weighted by Crippen LogP contribution is 2.35. The van der Waals surface area contributed by atoms with Gasteiger partial charge in [0.05, 0.1) is 50.0 Å². The molecule has 0 radical (unpaired) electrons. The van der Waals surface area contributed by atoms with Crippen molar-refractivity contribution >= 4 is 32.7 Å². The molecule has 11 nitrogen and oxygen atoms in total. The smallest absolute Gasteiger partial charge is 0.291 e. The van der Waals surface area contributed by atoms with E-state index in [-0.39, 0.29) is 35.3 Å². The first kappa shape index (κ1) is 25.4. The van der Waals surface area contributed by atoms with Crippen LogP contribution in [0.3, 0.4) is 0 Å². The number of methoxy groups -OCH3 is 1. The Morgan fingerprint density at radius 1 is 1.36 bits per heavy atom. The zero-order valence-electron chi connectivity index (χ0n) is 19.8. The van der Waals surface area contributed by atoms with Crippen LogP contribution in [0.5, 0.6) is 0 Å². The average molecular weight is 545 g/mol. The van der Waals surface area contributed by atoms with E-state index >= 15 is 0 Å². The van der Waals surface area contributed by atoms with E-state index < -0.39 is 27.0 Å². The number of nitrogens with one attached hydrogen (secondary N) is 1. The van der Waals surface area contributed by atoms with Crippen molar-refractivity contribution in [2.24, 2.45) is 0 Å². The number of imidazole rings is 1. The summed E-state index contributed by atoms with van der Waals surface area (Å²) >= 11 is 0.734. The first-order valence-corrected chi connectivity index (χ1v) is 13.5. The quantitative estimate of drug-likeness (QED) is 0.455. The maximum absolute atomic E-state index is 13.4. The third-order valence-electron chi connectivity index (χ3n) is 6.11. The van der Waals surface area contributed by atoms with E-state index in [1.165, 1.54) is 12.4 Å². The average Bonchev–Trinajstić information content (AvgIpc) is 3.46. The third-order valence-corrected chi connectivity index (χ3v) is 8.67. The topological polar surface area (TPSA) is 120 Å². The highest BCUT2D eigenvalue weighted by Gasteiger charge is 2.39.